The Morgan fingerprint density at radius 1 is 0.953 bits per heavy atom. The van der Waals surface area contributed by atoms with Gasteiger partial charge in [-0.15, -0.1) is 0 Å². The second kappa shape index (κ2) is 17.9. The third kappa shape index (κ3) is 8.75. The fraction of sp³-hybridized carbons (Fsp3) is 0.362. The number of hydrogen-bond donors (Lipinski definition) is 3. The van der Waals surface area contributed by atoms with Gasteiger partial charge in [-0.25, -0.2) is 18.2 Å². The molecule has 1 unspecified atom stereocenters. The molecule has 2 amide bonds. The number of unbranched alkanes of at least 4 members (excludes halogenated alkanes) is 1. The van der Waals surface area contributed by atoms with E-state index in [0.717, 1.165) is 78.6 Å². The van der Waals surface area contributed by atoms with E-state index < -0.39 is 51.1 Å². The molecule has 3 N–H and O–H groups in total. The molecule has 0 radical (unpaired) electrons. The first-order chi connectivity index (χ1) is 30.8. The molecule has 17 heteroatoms. The molecule has 3 fully saturated rings. The van der Waals surface area contributed by atoms with Crippen LogP contribution in [-0.4, -0.2) is 102 Å². The van der Waals surface area contributed by atoms with Gasteiger partial charge in [0.25, 0.3) is 5.91 Å². The molecule has 0 spiro atoms. The van der Waals surface area contributed by atoms with Gasteiger partial charge in [-0.1, -0.05) is 30.8 Å². The van der Waals surface area contributed by atoms with Crippen molar-refractivity contribution < 1.29 is 40.7 Å². The first kappa shape index (κ1) is 43.2. The molecule has 2 atom stereocenters. The van der Waals surface area contributed by atoms with Crippen molar-refractivity contribution in [2.24, 2.45) is 0 Å². The Bertz CT molecular complexity index is 2760. The number of alkyl halides is 1. The van der Waals surface area contributed by atoms with Gasteiger partial charge in [0.2, 0.25) is 11.7 Å². The van der Waals surface area contributed by atoms with E-state index in [2.05, 4.69) is 38.9 Å². The number of piperidine rings is 2. The van der Waals surface area contributed by atoms with E-state index in [-0.39, 0.29) is 36.9 Å². The summed E-state index contributed by atoms with van der Waals surface area (Å²) in [4.78, 5) is 50.8. The molecule has 3 saturated heterocycles. The minimum atomic E-state index is -4.35. The Morgan fingerprint density at radius 3 is 2.50 bits per heavy atom. The van der Waals surface area contributed by atoms with Gasteiger partial charge < -0.3 is 24.8 Å². The van der Waals surface area contributed by atoms with Gasteiger partial charge >= 0.3 is 10.2 Å². The predicted octanol–water partition coefficient (Wildman–Crippen LogP) is 7.23. The first-order valence-electron chi connectivity index (χ1n) is 21.6. The molecule has 334 valence electrons. The molecule has 3 aromatic carbocycles. The zero-order chi connectivity index (χ0) is 44.7. The van der Waals surface area contributed by atoms with E-state index in [1.807, 2.05) is 29.0 Å². The van der Waals surface area contributed by atoms with Crippen LogP contribution in [0, 0.1) is 11.6 Å². The van der Waals surface area contributed by atoms with Gasteiger partial charge in [-0.2, -0.15) is 12.7 Å². The van der Waals surface area contributed by atoms with Crippen molar-refractivity contribution in [1.29, 1.82) is 0 Å². The third-order valence-corrected chi connectivity index (χ3v) is 14.3. The minimum absolute atomic E-state index is 0.00605. The van der Waals surface area contributed by atoms with E-state index in [1.165, 1.54) is 11.8 Å². The number of carbonyl (C=O) groups excluding carboxylic acids is 3. The minimum Gasteiger partial charge on any atom is -0.494 e. The number of halogens is 3. The van der Waals surface area contributed by atoms with Crippen LogP contribution in [0.4, 0.5) is 18.9 Å². The quantitative estimate of drug-likeness (QED) is 0.0779. The number of rotatable bonds is 14. The highest BCUT2D eigenvalue weighted by molar-refractivity contribution is 7.90. The molecule has 5 aromatic rings. The number of carbonyl (C=O) groups is 3. The lowest BCUT2D eigenvalue weighted by Gasteiger charge is -2.32. The van der Waals surface area contributed by atoms with Crippen LogP contribution in [0.3, 0.4) is 0 Å². The molecule has 0 bridgehead atoms. The largest absolute Gasteiger partial charge is 0.494 e. The van der Waals surface area contributed by atoms with Gasteiger partial charge in [0.1, 0.15) is 29.4 Å². The molecular weight excluding hydrogens is 848 g/mol. The summed E-state index contributed by atoms with van der Waals surface area (Å²) in [5.41, 5.74) is 3.69. The number of ketones is 1. The number of aromatic nitrogens is 2. The zero-order valence-corrected chi connectivity index (χ0v) is 35.9. The van der Waals surface area contributed by atoms with Gasteiger partial charge in [-0.05, 0) is 124 Å². The molecule has 6 heterocycles. The molecule has 2 aromatic heterocycles. The number of anilines is 1. The maximum atomic E-state index is 15.7. The van der Waals surface area contributed by atoms with E-state index in [4.69, 9.17) is 4.74 Å². The number of allylic oxidation sites excluding steroid dienone is 1. The summed E-state index contributed by atoms with van der Waals surface area (Å²) in [6.07, 6.45) is 6.78. The summed E-state index contributed by atoms with van der Waals surface area (Å²) < 4.78 is 79.1. The lowest BCUT2D eigenvalue weighted by atomic mass is 9.88. The van der Waals surface area contributed by atoms with Gasteiger partial charge in [-0.3, -0.25) is 19.1 Å². The average Bonchev–Trinajstić information content (AvgIpc) is 4.01. The van der Waals surface area contributed by atoms with Crippen LogP contribution in [0.5, 0.6) is 5.75 Å². The van der Waals surface area contributed by atoms with Crippen LogP contribution in [0.1, 0.15) is 88.3 Å². The molecule has 0 saturated carbocycles. The van der Waals surface area contributed by atoms with E-state index in [0.29, 0.717) is 59.8 Å². The molecule has 13 nitrogen and oxygen atoms in total. The number of nitrogens with one attached hydrogen (secondary N) is 3. The number of pyridine rings is 1. The number of fused-ring (bicyclic) bond motifs is 2. The van der Waals surface area contributed by atoms with Crippen LogP contribution in [0.2, 0.25) is 0 Å². The summed E-state index contributed by atoms with van der Waals surface area (Å²) in [6.45, 7) is 7.24. The van der Waals surface area contributed by atoms with Crippen molar-refractivity contribution in [2.45, 2.75) is 69.6 Å². The smallest absolute Gasteiger partial charge is 0.301 e. The van der Waals surface area contributed by atoms with Crippen molar-refractivity contribution in [2.75, 3.05) is 44.1 Å². The maximum Gasteiger partial charge on any atom is 0.301 e. The topological polar surface area (TPSA) is 157 Å². The number of amides is 2. The molecular formula is C47H48F3N7O6S. The number of likely N-dealkylation sites (tertiary alicyclic amines) is 1. The summed E-state index contributed by atoms with van der Waals surface area (Å²) in [6, 6.07) is 16.7. The van der Waals surface area contributed by atoms with E-state index >= 15 is 8.78 Å². The van der Waals surface area contributed by atoms with E-state index in [1.54, 1.807) is 23.2 Å². The standard InChI is InChI=1S/C47H48F3N7O6S/c1-28-4-13-41(46(59)53-28)57-26-33-22-35(9-10-36(33)47(57)60)63-21-3-2-17-55-18-14-31(15-19-55)29-5-7-30(8-6-29)32-23-37-38(25-52-45(37)51-24-32)44(58)42-39(49)11-12-40(43(42)50)54-64(61,62)56-20-16-34(48)27-56/h5-12,22-25,31,34,41,54H,1-4,13-21,26-27H2,(H,51,52)(H,53,59)/t34-,41?/m1/s1. The average molecular weight is 896 g/mol. The van der Waals surface area contributed by atoms with Crippen molar-refractivity contribution in [3.8, 4) is 16.9 Å². The molecule has 64 heavy (non-hydrogen) atoms. The normalized spacial score (nSPS) is 19.9. The predicted molar refractivity (Wildman–Crippen MR) is 235 cm³/mol. The lowest BCUT2D eigenvalue weighted by molar-refractivity contribution is -0.126. The molecule has 9 rings (SSSR count). The number of benzene rings is 3. The number of nitrogens with zero attached hydrogens (tertiary/aromatic N) is 4. The maximum absolute atomic E-state index is 15.7. The van der Waals surface area contributed by atoms with Crippen LogP contribution in [-0.2, 0) is 21.5 Å². The number of H-pyrrole nitrogens is 1. The Hall–Kier alpha value is -6.04. The SMILES string of the molecule is C=C1CCC(N2Cc3cc(OCCCCN4CCC(c5ccc(-c6cnc7[nH]cc(C(=O)c8c(F)ccc(NS(=O)(=O)N9CC[C@@H](F)C9)c8F)c7c6)cc5)CC4)ccc3C2=O)C(=O)N1. The molecule has 0 aliphatic carbocycles. The Morgan fingerprint density at radius 2 is 1.75 bits per heavy atom. The molecule has 4 aliphatic rings. The number of ether oxygens (including phenoxy) is 1. The fourth-order valence-corrected chi connectivity index (χ4v) is 10.5. The van der Waals surface area contributed by atoms with Gasteiger partial charge in [0.05, 0.1) is 17.9 Å². The highest BCUT2D eigenvalue weighted by Gasteiger charge is 2.38. The zero-order valence-electron chi connectivity index (χ0n) is 35.0. The summed E-state index contributed by atoms with van der Waals surface area (Å²) in [5, 5.41) is 3.11. The summed E-state index contributed by atoms with van der Waals surface area (Å²) in [5.74, 6) is -2.73. The van der Waals surface area contributed by atoms with Crippen molar-refractivity contribution >= 4 is 44.5 Å². The third-order valence-electron chi connectivity index (χ3n) is 12.8. The second-order valence-corrected chi connectivity index (χ2v) is 18.7. The monoisotopic (exact) mass is 895 g/mol. The van der Waals surface area contributed by atoms with Crippen LogP contribution < -0.4 is 14.8 Å². The summed E-state index contributed by atoms with van der Waals surface area (Å²) in [7, 11) is -4.35. The number of aromatic amines is 1. The lowest BCUT2D eigenvalue weighted by Crippen LogP contribution is -2.49. The summed E-state index contributed by atoms with van der Waals surface area (Å²) >= 11 is 0. The Kier molecular flexibility index (Phi) is 12.1. The van der Waals surface area contributed by atoms with Crippen LogP contribution in [0.15, 0.2) is 85.3 Å². The second-order valence-electron chi connectivity index (χ2n) is 17.0. The highest BCUT2D eigenvalue weighted by atomic mass is 32.2. The van der Waals surface area contributed by atoms with Crippen molar-refractivity contribution in [1.82, 2.24) is 29.4 Å². The highest BCUT2D eigenvalue weighted by Crippen LogP contribution is 2.34. The van der Waals surface area contributed by atoms with Crippen LogP contribution >= 0.6 is 0 Å². The Balaban J connectivity index is 0.759. The van der Waals surface area contributed by atoms with Gasteiger partial charge in [0, 0.05) is 59.8 Å². The fourth-order valence-electron chi connectivity index (χ4n) is 9.22. The van der Waals surface area contributed by atoms with Gasteiger partial charge in [0.15, 0.2) is 5.82 Å². The molecule has 4 aliphatic heterocycles. The number of hydrogen-bond acceptors (Lipinski definition) is 8. The van der Waals surface area contributed by atoms with Crippen molar-refractivity contribution in [3.63, 3.8) is 0 Å². The van der Waals surface area contributed by atoms with Crippen molar-refractivity contribution in [3.05, 3.63) is 125 Å². The van der Waals surface area contributed by atoms with E-state index in [9.17, 15) is 27.2 Å². The van der Waals surface area contributed by atoms with Crippen LogP contribution in [0.25, 0.3) is 22.2 Å². The Labute approximate surface area is 368 Å². The first-order valence-corrected chi connectivity index (χ1v) is 23.1.